The van der Waals surface area contributed by atoms with Crippen LogP contribution in [0.4, 0.5) is 11.4 Å². The molecule has 0 bridgehead atoms. The van der Waals surface area contributed by atoms with Crippen molar-refractivity contribution in [3.63, 3.8) is 0 Å². The molecule has 1 unspecified atom stereocenters. The van der Waals surface area contributed by atoms with Crippen molar-refractivity contribution >= 4 is 34.8 Å². The molecular weight excluding hydrogens is 356 g/mol. The van der Waals surface area contributed by atoms with Gasteiger partial charge in [-0.15, -0.1) is 0 Å². The van der Waals surface area contributed by atoms with Crippen molar-refractivity contribution in [3.05, 3.63) is 47.5 Å². The number of methoxy groups -OCH3 is 2. The number of hydrogen-bond acceptors (Lipinski definition) is 4. The number of carbonyl (C=O) groups is 2. The maximum Gasteiger partial charge on any atom is 0.229 e. The first-order chi connectivity index (χ1) is 12.5. The van der Waals surface area contributed by atoms with Crippen LogP contribution in [-0.4, -0.2) is 32.6 Å². The van der Waals surface area contributed by atoms with Crippen LogP contribution in [0.25, 0.3) is 0 Å². The Bertz CT molecular complexity index is 823. The van der Waals surface area contributed by atoms with Gasteiger partial charge in [-0.05, 0) is 36.4 Å². The van der Waals surface area contributed by atoms with Crippen molar-refractivity contribution in [2.24, 2.45) is 5.92 Å². The molecule has 1 heterocycles. The Balaban J connectivity index is 1.73. The Morgan fingerprint density at radius 3 is 2.54 bits per heavy atom. The van der Waals surface area contributed by atoms with E-state index in [-0.39, 0.29) is 18.2 Å². The van der Waals surface area contributed by atoms with Gasteiger partial charge in [-0.2, -0.15) is 0 Å². The summed E-state index contributed by atoms with van der Waals surface area (Å²) in [5.41, 5.74) is 1.24. The lowest BCUT2D eigenvalue weighted by Gasteiger charge is -2.17. The van der Waals surface area contributed by atoms with Gasteiger partial charge >= 0.3 is 0 Å². The molecule has 1 saturated heterocycles. The minimum Gasteiger partial charge on any atom is -0.497 e. The van der Waals surface area contributed by atoms with Crippen LogP contribution in [-0.2, 0) is 9.59 Å². The van der Waals surface area contributed by atoms with Crippen molar-refractivity contribution < 1.29 is 19.1 Å². The first-order valence-corrected chi connectivity index (χ1v) is 8.48. The van der Waals surface area contributed by atoms with E-state index in [1.807, 2.05) is 0 Å². The Kier molecular flexibility index (Phi) is 5.32. The number of benzene rings is 2. The number of ether oxygens (including phenoxy) is 2. The molecule has 1 aliphatic rings. The number of halogens is 1. The van der Waals surface area contributed by atoms with Crippen LogP contribution in [0.5, 0.6) is 11.5 Å². The molecule has 0 aliphatic carbocycles. The highest BCUT2D eigenvalue weighted by atomic mass is 35.5. The van der Waals surface area contributed by atoms with E-state index in [9.17, 15) is 9.59 Å². The van der Waals surface area contributed by atoms with Gasteiger partial charge in [-0.3, -0.25) is 9.59 Å². The fourth-order valence-corrected chi connectivity index (χ4v) is 3.03. The van der Waals surface area contributed by atoms with Crippen LogP contribution in [0, 0.1) is 5.92 Å². The summed E-state index contributed by atoms with van der Waals surface area (Å²) >= 11 is 5.89. The summed E-state index contributed by atoms with van der Waals surface area (Å²) in [4.78, 5) is 26.6. The summed E-state index contributed by atoms with van der Waals surface area (Å²) in [7, 11) is 3.08. The average molecular weight is 375 g/mol. The second-order valence-electron chi connectivity index (χ2n) is 5.94. The zero-order valence-corrected chi connectivity index (χ0v) is 15.2. The molecule has 0 radical (unpaired) electrons. The Labute approximate surface area is 156 Å². The van der Waals surface area contributed by atoms with E-state index in [1.54, 1.807) is 54.5 Å². The van der Waals surface area contributed by atoms with Gasteiger partial charge < -0.3 is 19.7 Å². The normalized spacial score (nSPS) is 16.5. The zero-order valence-electron chi connectivity index (χ0n) is 14.5. The van der Waals surface area contributed by atoms with Crippen molar-refractivity contribution in [3.8, 4) is 11.5 Å². The van der Waals surface area contributed by atoms with Gasteiger partial charge in [0.25, 0.3) is 0 Å². The van der Waals surface area contributed by atoms with E-state index in [1.165, 1.54) is 7.11 Å². The molecule has 1 aliphatic heterocycles. The van der Waals surface area contributed by atoms with Gasteiger partial charge in [-0.1, -0.05) is 11.6 Å². The molecule has 0 spiro atoms. The molecule has 7 heteroatoms. The highest BCUT2D eigenvalue weighted by Crippen LogP contribution is 2.31. The average Bonchev–Trinajstić information content (AvgIpc) is 3.04. The van der Waals surface area contributed by atoms with E-state index in [4.69, 9.17) is 21.1 Å². The molecule has 6 nitrogen and oxygen atoms in total. The van der Waals surface area contributed by atoms with E-state index >= 15 is 0 Å². The third kappa shape index (κ3) is 3.75. The Morgan fingerprint density at radius 1 is 1.15 bits per heavy atom. The smallest absolute Gasteiger partial charge is 0.229 e. The second kappa shape index (κ2) is 7.66. The third-order valence-corrected chi connectivity index (χ3v) is 4.55. The lowest BCUT2D eigenvalue weighted by molar-refractivity contribution is -0.122. The Morgan fingerprint density at radius 2 is 1.88 bits per heavy atom. The highest BCUT2D eigenvalue weighted by molar-refractivity contribution is 6.30. The molecule has 1 fully saturated rings. The van der Waals surface area contributed by atoms with Crippen LogP contribution in [0.2, 0.25) is 5.02 Å². The lowest BCUT2D eigenvalue weighted by Crippen LogP contribution is -2.28. The molecular formula is C19H19ClN2O4. The summed E-state index contributed by atoms with van der Waals surface area (Å²) in [5, 5.41) is 3.43. The highest BCUT2D eigenvalue weighted by Gasteiger charge is 2.35. The largest absolute Gasteiger partial charge is 0.497 e. The fourth-order valence-electron chi connectivity index (χ4n) is 2.90. The second-order valence-corrected chi connectivity index (χ2v) is 6.37. The lowest BCUT2D eigenvalue weighted by atomic mass is 10.1. The molecule has 2 aromatic carbocycles. The molecule has 3 rings (SSSR count). The number of hydrogen-bond donors (Lipinski definition) is 1. The van der Waals surface area contributed by atoms with Crippen molar-refractivity contribution in [2.45, 2.75) is 6.42 Å². The maximum atomic E-state index is 12.7. The molecule has 2 amide bonds. The molecule has 136 valence electrons. The predicted molar refractivity (Wildman–Crippen MR) is 100 cm³/mol. The van der Waals surface area contributed by atoms with Gasteiger partial charge in [0.1, 0.15) is 11.5 Å². The van der Waals surface area contributed by atoms with Crippen molar-refractivity contribution in [2.75, 3.05) is 31.0 Å². The monoisotopic (exact) mass is 374 g/mol. The quantitative estimate of drug-likeness (QED) is 0.871. The van der Waals surface area contributed by atoms with Gasteiger partial charge in [0.05, 0.1) is 25.8 Å². The standard InChI is InChI=1S/C19H19ClN2O4/c1-25-15-7-8-17(26-2)16(10-15)21-19(24)12-9-18(23)22(11-12)14-5-3-13(20)4-6-14/h3-8,10,12H,9,11H2,1-2H3,(H,21,24). The topological polar surface area (TPSA) is 67.9 Å². The third-order valence-electron chi connectivity index (χ3n) is 4.30. The van der Waals surface area contributed by atoms with Crippen LogP contribution >= 0.6 is 11.6 Å². The maximum absolute atomic E-state index is 12.7. The summed E-state index contributed by atoms with van der Waals surface area (Å²) in [6.07, 6.45) is 0.154. The molecule has 26 heavy (non-hydrogen) atoms. The van der Waals surface area contributed by atoms with Crippen LogP contribution in [0.1, 0.15) is 6.42 Å². The molecule has 1 N–H and O–H groups in total. The molecule has 1 atom stereocenters. The number of anilines is 2. The number of amides is 2. The van der Waals surface area contributed by atoms with Gasteiger partial charge in [0, 0.05) is 29.7 Å². The van der Waals surface area contributed by atoms with Crippen LogP contribution in [0.15, 0.2) is 42.5 Å². The number of nitrogens with one attached hydrogen (secondary N) is 1. The van der Waals surface area contributed by atoms with Crippen LogP contribution in [0.3, 0.4) is 0 Å². The van der Waals surface area contributed by atoms with Gasteiger partial charge in [-0.25, -0.2) is 0 Å². The van der Waals surface area contributed by atoms with E-state index < -0.39 is 5.92 Å². The fraction of sp³-hybridized carbons (Fsp3) is 0.263. The minimum atomic E-state index is -0.450. The first kappa shape index (κ1) is 18.1. The van der Waals surface area contributed by atoms with Crippen molar-refractivity contribution in [1.82, 2.24) is 0 Å². The number of rotatable bonds is 5. The molecule has 2 aromatic rings. The van der Waals surface area contributed by atoms with E-state index in [2.05, 4.69) is 5.32 Å². The van der Waals surface area contributed by atoms with Crippen molar-refractivity contribution in [1.29, 1.82) is 0 Å². The van der Waals surface area contributed by atoms with Gasteiger partial charge in [0.2, 0.25) is 11.8 Å². The summed E-state index contributed by atoms with van der Waals surface area (Å²) in [6.45, 7) is 0.318. The van der Waals surface area contributed by atoms with E-state index in [0.717, 1.165) is 5.69 Å². The Hall–Kier alpha value is -2.73. The summed E-state index contributed by atoms with van der Waals surface area (Å²) in [6, 6.07) is 12.1. The van der Waals surface area contributed by atoms with E-state index in [0.29, 0.717) is 28.8 Å². The summed E-state index contributed by atoms with van der Waals surface area (Å²) < 4.78 is 10.5. The van der Waals surface area contributed by atoms with Gasteiger partial charge in [0.15, 0.2) is 0 Å². The predicted octanol–water partition coefficient (Wildman–Crippen LogP) is 3.35. The number of carbonyl (C=O) groups excluding carboxylic acids is 2. The first-order valence-electron chi connectivity index (χ1n) is 8.10. The molecule has 0 aromatic heterocycles. The SMILES string of the molecule is COc1ccc(OC)c(NC(=O)C2CC(=O)N(c3ccc(Cl)cc3)C2)c1. The summed E-state index contributed by atoms with van der Waals surface area (Å²) in [5.74, 6) is 0.352. The zero-order chi connectivity index (χ0) is 18.7. The molecule has 0 saturated carbocycles. The van der Waals surface area contributed by atoms with Crippen LogP contribution < -0.4 is 19.7 Å². The minimum absolute atomic E-state index is 0.0925. The number of nitrogens with zero attached hydrogens (tertiary/aromatic N) is 1.